The molecule has 0 aliphatic heterocycles. The number of rotatable bonds is 1. The van der Waals surface area contributed by atoms with Crippen molar-refractivity contribution in [3.8, 4) is 0 Å². The van der Waals surface area contributed by atoms with Gasteiger partial charge in [0.2, 0.25) is 0 Å². The maximum absolute atomic E-state index is 11.4. The average Bonchev–Trinajstić information content (AvgIpc) is 2.04. The molecule has 1 rings (SSSR count). The van der Waals surface area contributed by atoms with Gasteiger partial charge in [0.15, 0.2) is 0 Å². The van der Waals surface area contributed by atoms with Crippen molar-refractivity contribution >= 4 is 5.97 Å². The fraction of sp³-hybridized carbons (Fsp3) is 0.125. The van der Waals surface area contributed by atoms with Gasteiger partial charge in [-0.3, -0.25) is 0 Å². The maximum atomic E-state index is 11.4. The number of benzene rings is 1. The maximum Gasteiger partial charge on any atom is 0.379 e. The molecule has 0 amide bonds. The molecule has 2 nitrogen and oxygen atoms in total. The summed E-state index contributed by atoms with van der Waals surface area (Å²) in [6.45, 7) is 1.71. The van der Waals surface area contributed by atoms with Gasteiger partial charge in [-0.25, -0.2) is 9.74 Å². The van der Waals surface area contributed by atoms with Crippen molar-refractivity contribution in [2.75, 3.05) is 0 Å². The van der Waals surface area contributed by atoms with E-state index < -0.39 is 5.97 Å². The van der Waals surface area contributed by atoms with Crippen LogP contribution in [0.3, 0.4) is 0 Å². The molecule has 1 aromatic carbocycles. The minimum absolute atomic E-state index is 0.259. The lowest BCUT2D eigenvalue weighted by Crippen LogP contribution is -2.00. The Balaban J connectivity index is 3.03. The van der Waals surface area contributed by atoms with Crippen molar-refractivity contribution in [3.63, 3.8) is 0 Å². The smallest absolute Gasteiger partial charge is 0.249 e. The second kappa shape index (κ2) is 3.14. The fourth-order valence-corrected chi connectivity index (χ4v) is 0.843. The summed E-state index contributed by atoms with van der Waals surface area (Å²) in [6, 6.07) is 6.65. The van der Waals surface area contributed by atoms with Crippen LogP contribution < -0.4 is 0 Å². The van der Waals surface area contributed by atoms with E-state index >= 15 is 0 Å². The molecule has 0 saturated carbocycles. The molecular formula is C8H7FO2. The van der Waals surface area contributed by atoms with Gasteiger partial charge in [0.05, 0.1) is 5.56 Å². The molecular weight excluding hydrogens is 147 g/mol. The topological polar surface area (TPSA) is 26.3 Å². The molecule has 0 heterocycles. The van der Waals surface area contributed by atoms with Gasteiger partial charge in [0.25, 0.3) is 0 Å². The zero-order valence-corrected chi connectivity index (χ0v) is 6.00. The van der Waals surface area contributed by atoms with E-state index in [2.05, 4.69) is 4.94 Å². The quantitative estimate of drug-likeness (QED) is 0.618. The van der Waals surface area contributed by atoms with Gasteiger partial charge in [-0.1, -0.05) is 18.2 Å². The Kier molecular flexibility index (Phi) is 2.21. The van der Waals surface area contributed by atoms with E-state index in [-0.39, 0.29) is 5.56 Å². The molecule has 0 atom stereocenters. The van der Waals surface area contributed by atoms with Gasteiger partial charge in [-0.15, -0.1) is 0 Å². The molecule has 58 valence electrons. The Morgan fingerprint density at radius 1 is 1.45 bits per heavy atom. The molecule has 0 bridgehead atoms. The highest BCUT2D eigenvalue weighted by Gasteiger charge is 2.08. The van der Waals surface area contributed by atoms with Crippen LogP contribution in [0.2, 0.25) is 0 Å². The van der Waals surface area contributed by atoms with Crippen LogP contribution in [0.1, 0.15) is 15.9 Å². The van der Waals surface area contributed by atoms with Crippen molar-refractivity contribution in [3.05, 3.63) is 35.4 Å². The van der Waals surface area contributed by atoms with Gasteiger partial charge >= 0.3 is 5.97 Å². The third-order valence-corrected chi connectivity index (χ3v) is 1.44. The first-order valence-electron chi connectivity index (χ1n) is 3.14. The number of halogens is 1. The average molecular weight is 154 g/mol. The van der Waals surface area contributed by atoms with Crippen molar-refractivity contribution in [2.45, 2.75) is 6.92 Å². The predicted molar refractivity (Wildman–Crippen MR) is 37.7 cm³/mol. The van der Waals surface area contributed by atoms with Crippen LogP contribution in [-0.2, 0) is 4.94 Å². The Labute approximate surface area is 63.5 Å². The zero-order chi connectivity index (χ0) is 8.27. The first-order chi connectivity index (χ1) is 5.25. The number of hydrogen-bond acceptors (Lipinski definition) is 2. The lowest BCUT2D eigenvalue weighted by Gasteiger charge is -1.97. The van der Waals surface area contributed by atoms with Crippen LogP contribution in [0.4, 0.5) is 4.53 Å². The van der Waals surface area contributed by atoms with E-state index in [0.29, 0.717) is 5.56 Å². The molecule has 0 fully saturated rings. The number of aryl methyl sites for hydroxylation is 1. The number of hydrogen-bond donors (Lipinski definition) is 0. The third-order valence-electron chi connectivity index (χ3n) is 1.44. The summed E-state index contributed by atoms with van der Waals surface area (Å²) in [7, 11) is 0. The lowest BCUT2D eigenvalue weighted by atomic mass is 10.1. The van der Waals surface area contributed by atoms with Crippen molar-refractivity contribution in [1.82, 2.24) is 0 Å². The zero-order valence-electron chi connectivity index (χ0n) is 6.00. The first kappa shape index (κ1) is 7.72. The fourth-order valence-electron chi connectivity index (χ4n) is 0.843. The van der Waals surface area contributed by atoms with E-state index in [1.54, 1.807) is 25.1 Å². The van der Waals surface area contributed by atoms with E-state index in [0.717, 1.165) is 0 Å². The number of carbonyl (C=O) groups is 1. The van der Waals surface area contributed by atoms with E-state index in [9.17, 15) is 9.32 Å². The SMILES string of the molecule is Cc1ccccc1C(=O)OF. The summed E-state index contributed by atoms with van der Waals surface area (Å²) >= 11 is 0. The molecule has 0 unspecified atom stereocenters. The van der Waals surface area contributed by atoms with Gasteiger partial charge in [0.1, 0.15) is 0 Å². The summed E-state index contributed by atoms with van der Waals surface area (Å²) in [4.78, 5) is 13.7. The van der Waals surface area contributed by atoms with Crippen LogP contribution in [0, 0.1) is 6.92 Å². The van der Waals surface area contributed by atoms with E-state index in [4.69, 9.17) is 0 Å². The molecule has 0 spiro atoms. The molecule has 3 heteroatoms. The van der Waals surface area contributed by atoms with Crippen molar-refractivity contribution < 1.29 is 14.3 Å². The number of carbonyl (C=O) groups excluding carboxylic acids is 1. The van der Waals surface area contributed by atoms with Crippen LogP contribution in [0.25, 0.3) is 0 Å². The summed E-state index contributed by atoms with van der Waals surface area (Å²) < 4.78 is 11.4. The second-order valence-electron chi connectivity index (χ2n) is 2.18. The molecule has 11 heavy (non-hydrogen) atoms. The molecule has 0 radical (unpaired) electrons. The monoisotopic (exact) mass is 154 g/mol. The van der Waals surface area contributed by atoms with Gasteiger partial charge < -0.3 is 0 Å². The van der Waals surface area contributed by atoms with Gasteiger partial charge in [-0.05, 0) is 18.6 Å². The first-order valence-corrected chi connectivity index (χ1v) is 3.14. The van der Waals surface area contributed by atoms with Gasteiger partial charge in [0, 0.05) is 4.53 Å². The third kappa shape index (κ3) is 1.55. The molecule has 1 aromatic rings. The summed E-state index contributed by atoms with van der Waals surface area (Å²) in [5.74, 6) is -0.942. The Bertz CT molecular complexity index is 271. The highest BCUT2D eigenvalue weighted by atomic mass is 19.3. The highest BCUT2D eigenvalue weighted by Crippen LogP contribution is 2.08. The summed E-state index contributed by atoms with van der Waals surface area (Å²) in [6.07, 6.45) is 0. The predicted octanol–water partition coefficient (Wildman–Crippen LogP) is 2.04. The normalized spacial score (nSPS) is 9.27. The van der Waals surface area contributed by atoms with Gasteiger partial charge in [-0.2, -0.15) is 0 Å². The lowest BCUT2D eigenvalue weighted by molar-refractivity contribution is -0.0788. The molecule has 0 N–H and O–H groups in total. The Morgan fingerprint density at radius 3 is 2.64 bits per heavy atom. The summed E-state index contributed by atoms with van der Waals surface area (Å²) in [5, 5.41) is 0. The van der Waals surface area contributed by atoms with Crippen LogP contribution in [-0.4, -0.2) is 5.97 Å². The van der Waals surface area contributed by atoms with Crippen LogP contribution >= 0.6 is 0 Å². The van der Waals surface area contributed by atoms with Crippen LogP contribution in [0.5, 0.6) is 0 Å². The second-order valence-corrected chi connectivity index (χ2v) is 2.18. The molecule has 0 saturated heterocycles. The Morgan fingerprint density at radius 2 is 2.09 bits per heavy atom. The molecule has 0 aromatic heterocycles. The molecule has 0 aliphatic carbocycles. The minimum Gasteiger partial charge on any atom is -0.249 e. The summed E-state index contributed by atoms with van der Waals surface area (Å²) in [5.41, 5.74) is 0.963. The van der Waals surface area contributed by atoms with Crippen molar-refractivity contribution in [2.24, 2.45) is 0 Å². The van der Waals surface area contributed by atoms with Crippen molar-refractivity contribution in [1.29, 1.82) is 0 Å². The largest absolute Gasteiger partial charge is 0.379 e. The highest BCUT2D eigenvalue weighted by molar-refractivity contribution is 5.90. The Hall–Kier alpha value is -1.38. The van der Waals surface area contributed by atoms with E-state index in [1.165, 1.54) is 6.07 Å². The van der Waals surface area contributed by atoms with Crippen LogP contribution in [0.15, 0.2) is 24.3 Å². The van der Waals surface area contributed by atoms with E-state index in [1.807, 2.05) is 0 Å². The molecule has 0 aliphatic rings. The minimum atomic E-state index is -0.942. The standard InChI is InChI=1S/C8H7FO2/c1-6-4-2-3-5-7(6)8(10)11-9/h2-5H,1H3.